The van der Waals surface area contributed by atoms with E-state index in [1.165, 1.54) is 12.8 Å². The summed E-state index contributed by atoms with van der Waals surface area (Å²) in [6, 6.07) is 6.07. The van der Waals surface area contributed by atoms with Crippen LogP contribution in [-0.4, -0.2) is 17.1 Å². The van der Waals surface area contributed by atoms with Crippen molar-refractivity contribution in [3.63, 3.8) is 0 Å². The summed E-state index contributed by atoms with van der Waals surface area (Å²) in [5, 5.41) is 6.96. The zero-order chi connectivity index (χ0) is 13.2. The Kier molecular flexibility index (Phi) is 3.38. The monoisotopic (exact) mass is 275 g/mol. The highest BCUT2D eigenvalue weighted by molar-refractivity contribution is 7.18. The van der Waals surface area contributed by atoms with Crippen LogP contribution in [0.5, 0.6) is 0 Å². The van der Waals surface area contributed by atoms with Gasteiger partial charge in [0.25, 0.3) is 0 Å². The van der Waals surface area contributed by atoms with E-state index >= 15 is 0 Å². The lowest BCUT2D eigenvalue weighted by molar-refractivity contribution is 0.248. The smallest absolute Gasteiger partial charge is 0.319 e. The molecular formula is C14H17N3OS. The molecule has 1 aliphatic carbocycles. The number of thiazole rings is 1. The highest BCUT2D eigenvalue weighted by atomic mass is 32.1. The van der Waals surface area contributed by atoms with Gasteiger partial charge in [-0.05, 0) is 38.0 Å². The highest BCUT2D eigenvalue weighted by Gasteiger charge is 2.17. The summed E-state index contributed by atoms with van der Waals surface area (Å²) >= 11 is 1.64. The van der Waals surface area contributed by atoms with Crippen LogP contribution in [0.15, 0.2) is 18.2 Å². The van der Waals surface area contributed by atoms with Gasteiger partial charge in [0.2, 0.25) is 0 Å². The number of carbonyl (C=O) groups is 1. The Balaban J connectivity index is 1.68. The fourth-order valence-electron chi connectivity index (χ4n) is 2.54. The molecule has 1 fully saturated rings. The van der Waals surface area contributed by atoms with Gasteiger partial charge in [-0.2, -0.15) is 0 Å². The average Bonchev–Trinajstić information content (AvgIpc) is 2.96. The number of fused-ring (bicyclic) bond motifs is 1. The fourth-order valence-corrected chi connectivity index (χ4v) is 3.41. The molecule has 0 unspecified atom stereocenters. The standard InChI is InChI=1S/C14H17N3OS/c1-9-15-12-7-6-11(8-13(12)19-9)17-14(18)16-10-4-2-3-5-10/h6-8,10H,2-5H2,1H3,(H2,16,17,18). The molecular weight excluding hydrogens is 258 g/mol. The van der Waals surface area contributed by atoms with Crippen molar-refractivity contribution in [2.45, 2.75) is 38.6 Å². The molecule has 1 saturated carbocycles. The first-order valence-electron chi connectivity index (χ1n) is 6.65. The topological polar surface area (TPSA) is 54.0 Å². The Morgan fingerprint density at radius 3 is 2.95 bits per heavy atom. The number of nitrogens with one attached hydrogen (secondary N) is 2. The molecule has 4 nitrogen and oxygen atoms in total. The number of aromatic nitrogens is 1. The van der Waals surface area contributed by atoms with E-state index in [9.17, 15) is 4.79 Å². The van der Waals surface area contributed by atoms with Gasteiger partial charge in [0, 0.05) is 11.7 Å². The van der Waals surface area contributed by atoms with Crippen LogP contribution in [0.3, 0.4) is 0 Å². The van der Waals surface area contributed by atoms with Crippen molar-refractivity contribution in [3.05, 3.63) is 23.2 Å². The van der Waals surface area contributed by atoms with E-state index in [1.54, 1.807) is 11.3 Å². The van der Waals surface area contributed by atoms with Gasteiger partial charge >= 0.3 is 6.03 Å². The first kappa shape index (κ1) is 12.4. The largest absolute Gasteiger partial charge is 0.335 e. The molecule has 2 N–H and O–H groups in total. The first-order chi connectivity index (χ1) is 9.20. The molecule has 1 aromatic carbocycles. The van der Waals surface area contributed by atoms with Crippen LogP contribution in [0.25, 0.3) is 10.2 Å². The maximum absolute atomic E-state index is 11.9. The van der Waals surface area contributed by atoms with Crippen molar-refractivity contribution in [3.8, 4) is 0 Å². The van der Waals surface area contributed by atoms with E-state index in [1.807, 2.05) is 25.1 Å². The lowest BCUT2D eigenvalue weighted by Crippen LogP contribution is -2.36. The second-order valence-corrected chi connectivity index (χ2v) is 6.23. The summed E-state index contributed by atoms with van der Waals surface area (Å²) in [6.45, 7) is 1.99. The van der Waals surface area contributed by atoms with Crippen molar-refractivity contribution < 1.29 is 4.79 Å². The van der Waals surface area contributed by atoms with Crippen molar-refractivity contribution in [1.29, 1.82) is 0 Å². The predicted molar refractivity (Wildman–Crippen MR) is 78.8 cm³/mol. The van der Waals surface area contributed by atoms with Gasteiger partial charge in [0.05, 0.1) is 15.2 Å². The van der Waals surface area contributed by atoms with Gasteiger partial charge in [-0.15, -0.1) is 11.3 Å². The first-order valence-corrected chi connectivity index (χ1v) is 7.47. The molecule has 2 aromatic rings. The quantitative estimate of drug-likeness (QED) is 0.878. The number of benzene rings is 1. The van der Waals surface area contributed by atoms with Gasteiger partial charge in [-0.1, -0.05) is 12.8 Å². The van der Waals surface area contributed by atoms with E-state index in [2.05, 4.69) is 15.6 Å². The van der Waals surface area contributed by atoms with Crippen molar-refractivity contribution in [2.75, 3.05) is 5.32 Å². The summed E-state index contributed by atoms with van der Waals surface area (Å²) in [6.07, 6.45) is 4.63. The molecule has 0 atom stereocenters. The Bertz CT molecular complexity index is 602. The Labute approximate surface area is 116 Å². The predicted octanol–water partition coefficient (Wildman–Crippen LogP) is 3.67. The number of hydrogen-bond donors (Lipinski definition) is 2. The number of hydrogen-bond acceptors (Lipinski definition) is 3. The lowest BCUT2D eigenvalue weighted by Gasteiger charge is -2.12. The summed E-state index contributed by atoms with van der Waals surface area (Å²) in [5.41, 5.74) is 1.82. The van der Waals surface area contributed by atoms with Crippen LogP contribution in [0, 0.1) is 6.92 Å². The van der Waals surface area contributed by atoms with Crippen molar-refractivity contribution in [1.82, 2.24) is 10.3 Å². The fraction of sp³-hybridized carbons (Fsp3) is 0.429. The minimum Gasteiger partial charge on any atom is -0.335 e. The van der Waals surface area contributed by atoms with Crippen LogP contribution in [-0.2, 0) is 0 Å². The minimum absolute atomic E-state index is 0.104. The number of rotatable bonds is 2. The maximum atomic E-state index is 11.9. The Morgan fingerprint density at radius 1 is 1.37 bits per heavy atom. The van der Waals surface area contributed by atoms with Gasteiger partial charge in [0.15, 0.2) is 0 Å². The second kappa shape index (κ2) is 5.17. The summed E-state index contributed by atoms with van der Waals surface area (Å²) in [4.78, 5) is 16.3. The molecule has 0 bridgehead atoms. The van der Waals surface area contributed by atoms with Gasteiger partial charge in [-0.3, -0.25) is 0 Å². The molecule has 0 radical (unpaired) electrons. The van der Waals surface area contributed by atoms with Gasteiger partial charge in [0.1, 0.15) is 0 Å². The number of anilines is 1. The van der Waals surface area contributed by atoms with Crippen LogP contribution >= 0.6 is 11.3 Å². The number of amides is 2. The van der Waals surface area contributed by atoms with E-state index in [0.717, 1.165) is 33.8 Å². The molecule has 2 amide bonds. The molecule has 19 heavy (non-hydrogen) atoms. The van der Waals surface area contributed by atoms with E-state index in [-0.39, 0.29) is 6.03 Å². The van der Waals surface area contributed by atoms with Crippen LogP contribution in [0.1, 0.15) is 30.7 Å². The zero-order valence-electron chi connectivity index (χ0n) is 10.9. The average molecular weight is 275 g/mol. The molecule has 1 heterocycles. The summed E-state index contributed by atoms with van der Waals surface area (Å²) < 4.78 is 1.11. The van der Waals surface area contributed by atoms with E-state index < -0.39 is 0 Å². The summed E-state index contributed by atoms with van der Waals surface area (Å²) in [7, 11) is 0. The molecule has 0 aliphatic heterocycles. The van der Waals surface area contributed by atoms with Crippen molar-refractivity contribution in [2.24, 2.45) is 0 Å². The molecule has 1 aliphatic rings. The van der Waals surface area contributed by atoms with Gasteiger partial charge in [-0.25, -0.2) is 9.78 Å². The third-order valence-electron chi connectivity index (χ3n) is 3.44. The zero-order valence-corrected chi connectivity index (χ0v) is 11.7. The number of carbonyl (C=O) groups excluding carboxylic acids is 1. The molecule has 5 heteroatoms. The minimum atomic E-state index is -0.104. The maximum Gasteiger partial charge on any atom is 0.319 e. The third-order valence-corrected chi connectivity index (χ3v) is 4.38. The SMILES string of the molecule is Cc1nc2ccc(NC(=O)NC3CCCC3)cc2s1. The van der Waals surface area contributed by atoms with E-state index in [4.69, 9.17) is 0 Å². The second-order valence-electron chi connectivity index (χ2n) is 5.00. The number of nitrogens with zero attached hydrogens (tertiary/aromatic N) is 1. The molecule has 100 valence electrons. The van der Waals surface area contributed by atoms with Crippen molar-refractivity contribution >= 4 is 33.3 Å². The molecule has 3 rings (SSSR count). The molecule has 0 spiro atoms. The Morgan fingerprint density at radius 2 is 2.16 bits per heavy atom. The normalized spacial score (nSPS) is 15.8. The highest BCUT2D eigenvalue weighted by Crippen LogP contribution is 2.25. The Hall–Kier alpha value is -1.62. The van der Waals surface area contributed by atoms with E-state index in [0.29, 0.717) is 6.04 Å². The van der Waals surface area contributed by atoms with Gasteiger partial charge < -0.3 is 10.6 Å². The van der Waals surface area contributed by atoms with Crippen LogP contribution in [0.4, 0.5) is 10.5 Å². The molecule has 0 saturated heterocycles. The number of aryl methyl sites for hydroxylation is 1. The summed E-state index contributed by atoms with van der Waals surface area (Å²) in [5.74, 6) is 0. The lowest BCUT2D eigenvalue weighted by atomic mass is 10.2. The van der Waals surface area contributed by atoms with Crippen LogP contribution in [0.2, 0.25) is 0 Å². The third kappa shape index (κ3) is 2.87. The van der Waals surface area contributed by atoms with Crippen LogP contribution < -0.4 is 10.6 Å². The molecule has 1 aromatic heterocycles. The number of urea groups is 1.